The topological polar surface area (TPSA) is 81.2 Å². The number of hydrogen-bond acceptors (Lipinski definition) is 5. The maximum Gasteiger partial charge on any atom is 0.261 e. The van der Waals surface area contributed by atoms with Gasteiger partial charge < -0.3 is 4.74 Å². The number of nitrogens with one attached hydrogen (secondary N) is 1. The highest BCUT2D eigenvalue weighted by molar-refractivity contribution is 7.92. The minimum Gasteiger partial charge on any atom is -0.437 e. The quantitative estimate of drug-likeness (QED) is 0.598. The van der Waals surface area contributed by atoms with E-state index in [9.17, 15) is 8.42 Å². The Bertz CT molecular complexity index is 1000. The molecule has 7 heteroatoms. The Labute approximate surface area is 165 Å². The Balaban J connectivity index is 1.71. The minimum absolute atomic E-state index is 0.223. The second-order valence-corrected chi connectivity index (χ2v) is 8.54. The van der Waals surface area contributed by atoms with E-state index >= 15 is 0 Å². The van der Waals surface area contributed by atoms with Crippen molar-refractivity contribution in [3.8, 4) is 11.6 Å². The van der Waals surface area contributed by atoms with Crippen molar-refractivity contribution in [3.63, 3.8) is 0 Å². The first kappa shape index (κ1) is 19.8. The van der Waals surface area contributed by atoms with Crippen LogP contribution in [0.3, 0.4) is 0 Å². The van der Waals surface area contributed by atoms with Crippen LogP contribution in [0.15, 0.2) is 72.0 Å². The molecule has 2 aromatic carbocycles. The molecule has 1 heterocycles. The van der Waals surface area contributed by atoms with Gasteiger partial charge in [-0.15, -0.1) is 0 Å². The molecule has 0 saturated heterocycles. The summed E-state index contributed by atoms with van der Waals surface area (Å²) in [4.78, 5) is 8.19. The Kier molecular flexibility index (Phi) is 6.26. The molecule has 0 aliphatic heterocycles. The first-order chi connectivity index (χ1) is 13.4. The molecular weight excluding hydrogens is 374 g/mol. The van der Waals surface area contributed by atoms with Crippen LogP contribution < -0.4 is 9.46 Å². The molecule has 0 bridgehead atoms. The van der Waals surface area contributed by atoms with Crippen molar-refractivity contribution in [2.75, 3.05) is 4.72 Å². The third-order valence-electron chi connectivity index (χ3n) is 4.09. The SMILES string of the molecule is CC(C)CCc1ccc(S(=O)(=O)Nc2cccc(Oc3cnccn3)c2)cc1. The molecule has 0 radical (unpaired) electrons. The van der Waals surface area contributed by atoms with Crippen LogP contribution in [0.4, 0.5) is 5.69 Å². The molecule has 0 amide bonds. The molecular formula is C21H23N3O3S. The summed E-state index contributed by atoms with van der Waals surface area (Å²) in [6.45, 7) is 4.34. The Hall–Kier alpha value is -2.93. The first-order valence-corrected chi connectivity index (χ1v) is 10.6. The molecule has 146 valence electrons. The van der Waals surface area contributed by atoms with E-state index in [0.717, 1.165) is 18.4 Å². The molecule has 0 atom stereocenters. The van der Waals surface area contributed by atoms with E-state index in [1.807, 2.05) is 12.1 Å². The number of anilines is 1. The average molecular weight is 398 g/mol. The van der Waals surface area contributed by atoms with Gasteiger partial charge in [-0.25, -0.2) is 13.4 Å². The molecule has 0 spiro atoms. The van der Waals surface area contributed by atoms with Crippen molar-refractivity contribution in [3.05, 3.63) is 72.7 Å². The highest BCUT2D eigenvalue weighted by atomic mass is 32.2. The van der Waals surface area contributed by atoms with Crippen molar-refractivity contribution in [1.82, 2.24) is 9.97 Å². The average Bonchev–Trinajstić information content (AvgIpc) is 2.67. The molecule has 1 N–H and O–H groups in total. The van der Waals surface area contributed by atoms with E-state index in [1.165, 1.54) is 12.4 Å². The second-order valence-electron chi connectivity index (χ2n) is 6.86. The number of benzene rings is 2. The summed E-state index contributed by atoms with van der Waals surface area (Å²) in [6.07, 6.45) is 6.56. The van der Waals surface area contributed by atoms with E-state index in [2.05, 4.69) is 28.5 Å². The third kappa shape index (κ3) is 5.53. The van der Waals surface area contributed by atoms with Crippen molar-refractivity contribution >= 4 is 15.7 Å². The van der Waals surface area contributed by atoms with Gasteiger partial charge in [0.15, 0.2) is 0 Å². The lowest BCUT2D eigenvalue weighted by Gasteiger charge is -2.11. The molecule has 0 aliphatic carbocycles. The van der Waals surface area contributed by atoms with Crippen molar-refractivity contribution < 1.29 is 13.2 Å². The third-order valence-corrected chi connectivity index (χ3v) is 5.49. The van der Waals surface area contributed by atoms with Crippen LogP contribution in [0.5, 0.6) is 11.6 Å². The van der Waals surface area contributed by atoms with E-state index in [1.54, 1.807) is 42.6 Å². The van der Waals surface area contributed by atoms with Crippen LogP contribution in [0, 0.1) is 5.92 Å². The molecule has 0 unspecified atom stereocenters. The zero-order valence-corrected chi connectivity index (χ0v) is 16.7. The smallest absolute Gasteiger partial charge is 0.261 e. The summed E-state index contributed by atoms with van der Waals surface area (Å²) in [6, 6.07) is 13.7. The highest BCUT2D eigenvalue weighted by Crippen LogP contribution is 2.24. The number of hydrogen-bond donors (Lipinski definition) is 1. The van der Waals surface area contributed by atoms with Gasteiger partial charge in [-0.2, -0.15) is 0 Å². The fourth-order valence-electron chi connectivity index (χ4n) is 2.59. The number of aromatic nitrogens is 2. The van der Waals surface area contributed by atoms with Gasteiger partial charge in [-0.3, -0.25) is 9.71 Å². The van der Waals surface area contributed by atoms with Gasteiger partial charge in [0, 0.05) is 18.5 Å². The minimum atomic E-state index is -3.68. The molecule has 0 saturated carbocycles. The van der Waals surface area contributed by atoms with Crippen LogP contribution in [0.25, 0.3) is 0 Å². The van der Waals surface area contributed by atoms with Gasteiger partial charge in [0.05, 0.1) is 16.8 Å². The second kappa shape index (κ2) is 8.84. The number of sulfonamides is 1. The molecule has 1 aromatic heterocycles. The van der Waals surface area contributed by atoms with Crippen LogP contribution in [0.1, 0.15) is 25.8 Å². The lowest BCUT2D eigenvalue weighted by Crippen LogP contribution is -2.13. The Morgan fingerprint density at radius 1 is 1.07 bits per heavy atom. The maximum atomic E-state index is 12.7. The van der Waals surface area contributed by atoms with Gasteiger partial charge in [0.1, 0.15) is 5.75 Å². The van der Waals surface area contributed by atoms with Crippen molar-refractivity contribution in [2.45, 2.75) is 31.6 Å². The van der Waals surface area contributed by atoms with Crippen LogP contribution in [0.2, 0.25) is 0 Å². The Morgan fingerprint density at radius 2 is 1.86 bits per heavy atom. The predicted octanol–water partition coefficient (Wildman–Crippen LogP) is 4.66. The Morgan fingerprint density at radius 3 is 2.54 bits per heavy atom. The summed E-state index contributed by atoms with van der Waals surface area (Å²) in [5.74, 6) is 1.41. The van der Waals surface area contributed by atoms with E-state index in [-0.39, 0.29) is 4.90 Å². The van der Waals surface area contributed by atoms with Gasteiger partial charge >= 0.3 is 0 Å². The molecule has 28 heavy (non-hydrogen) atoms. The molecule has 3 rings (SSSR count). The lowest BCUT2D eigenvalue weighted by atomic mass is 10.0. The fraction of sp³-hybridized carbons (Fsp3) is 0.238. The molecule has 0 aliphatic rings. The van der Waals surface area contributed by atoms with E-state index < -0.39 is 10.0 Å². The van der Waals surface area contributed by atoms with Crippen molar-refractivity contribution in [2.24, 2.45) is 5.92 Å². The van der Waals surface area contributed by atoms with E-state index in [4.69, 9.17) is 4.74 Å². The maximum absolute atomic E-state index is 12.7. The summed E-state index contributed by atoms with van der Waals surface area (Å²) in [5.41, 5.74) is 1.54. The molecule has 6 nitrogen and oxygen atoms in total. The van der Waals surface area contributed by atoms with Crippen LogP contribution >= 0.6 is 0 Å². The van der Waals surface area contributed by atoms with Crippen LogP contribution in [-0.4, -0.2) is 18.4 Å². The van der Waals surface area contributed by atoms with Crippen molar-refractivity contribution in [1.29, 1.82) is 0 Å². The van der Waals surface area contributed by atoms with Gasteiger partial charge in [0.25, 0.3) is 10.0 Å². The summed E-state index contributed by atoms with van der Waals surface area (Å²) >= 11 is 0. The summed E-state index contributed by atoms with van der Waals surface area (Å²) in [7, 11) is -3.68. The number of nitrogens with zero attached hydrogens (tertiary/aromatic N) is 2. The predicted molar refractivity (Wildman–Crippen MR) is 109 cm³/mol. The van der Waals surface area contributed by atoms with Crippen LogP contribution in [-0.2, 0) is 16.4 Å². The molecule has 3 aromatic rings. The van der Waals surface area contributed by atoms with Gasteiger partial charge in [-0.1, -0.05) is 32.0 Å². The standard InChI is InChI=1S/C21H23N3O3S/c1-16(2)6-7-17-8-10-20(11-9-17)28(25,26)24-18-4-3-5-19(14-18)27-21-15-22-12-13-23-21/h3-5,8-16,24H,6-7H2,1-2H3. The van der Waals surface area contributed by atoms with E-state index in [0.29, 0.717) is 23.2 Å². The summed E-state index contributed by atoms with van der Waals surface area (Å²) in [5, 5.41) is 0. The number of rotatable bonds is 8. The van der Waals surface area contributed by atoms with Gasteiger partial charge in [0.2, 0.25) is 5.88 Å². The summed E-state index contributed by atoms with van der Waals surface area (Å²) < 4.78 is 33.5. The largest absolute Gasteiger partial charge is 0.437 e. The lowest BCUT2D eigenvalue weighted by molar-refractivity contribution is 0.460. The monoisotopic (exact) mass is 397 g/mol. The normalized spacial score (nSPS) is 11.4. The number of aryl methyl sites for hydroxylation is 1. The fourth-order valence-corrected chi connectivity index (χ4v) is 3.64. The van der Waals surface area contributed by atoms with Gasteiger partial charge in [-0.05, 0) is 48.6 Å². The zero-order valence-electron chi connectivity index (χ0n) is 15.9. The first-order valence-electron chi connectivity index (χ1n) is 9.08. The number of ether oxygens (including phenoxy) is 1. The molecule has 0 fully saturated rings. The zero-order chi connectivity index (χ0) is 20.0. The highest BCUT2D eigenvalue weighted by Gasteiger charge is 2.14.